The summed E-state index contributed by atoms with van der Waals surface area (Å²) >= 11 is 0. The lowest BCUT2D eigenvalue weighted by Crippen LogP contribution is -2.03. The minimum atomic E-state index is 0.485. The maximum absolute atomic E-state index is 10.6. The standard InChI is InChI=1S/C9H11NO2.C2H6/c1-7-3-4-10-9(12-2)5-8(7)6-11;1-2/h3-4,6H,5H2,1-2H3;1-2H3. The van der Waals surface area contributed by atoms with Crippen LogP contribution >= 0.6 is 0 Å². The van der Waals surface area contributed by atoms with Gasteiger partial charge in [0.1, 0.15) is 6.29 Å². The van der Waals surface area contributed by atoms with E-state index in [4.69, 9.17) is 4.74 Å². The molecule has 0 fully saturated rings. The Morgan fingerprint density at radius 2 is 2.14 bits per heavy atom. The summed E-state index contributed by atoms with van der Waals surface area (Å²) in [6, 6.07) is 0. The minimum Gasteiger partial charge on any atom is -0.484 e. The molecule has 0 aromatic rings. The summed E-state index contributed by atoms with van der Waals surface area (Å²) in [4.78, 5) is 14.6. The fourth-order valence-corrected chi connectivity index (χ4v) is 0.947. The summed E-state index contributed by atoms with van der Waals surface area (Å²) in [5, 5.41) is 0. The maximum Gasteiger partial charge on any atom is 0.192 e. The topological polar surface area (TPSA) is 38.7 Å². The first-order chi connectivity index (χ1) is 6.77. The summed E-state index contributed by atoms with van der Waals surface area (Å²) < 4.78 is 4.96. The van der Waals surface area contributed by atoms with Crippen LogP contribution in [0.25, 0.3) is 0 Å². The van der Waals surface area contributed by atoms with Crippen LogP contribution in [0, 0.1) is 0 Å². The van der Waals surface area contributed by atoms with Crippen molar-refractivity contribution in [3.8, 4) is 0 Å². The van der Waals surface area contributed by atoms with Crippen LogP contribution in [0.4, 0.5) is 0 Å². The Labute approximate surface area is 85.2 Å². The first-order valence-electron chi connectivity index (χ1n) is 4.70. The molecule has 14 heavy (non-hydrogen) atoms. The second kappa shape index (κ2) is 7.06. The maximum atomic E-state index is 10.6. The number of carbonyl (C=O) groups excluding carboxylic acids is 1. The van der Waals surface area contributed by atoms with Gasteiger partial charge in [-0.2, -0.15) is 0 Å². The van der Waals surface area contributed by atoms with Crippen molar-refractivity contribution < 1.29 is 9.53 Å². The summed E-state index contributed by atoms with van der Waals surface area (Å²) in [5.41, 5.74) is 1.67. The van der Waals surface area contributed by atoms with Gasteiger partial charge >= 0.3 is 0 Å². The predicted molar refractivity (Wildman–Crippen MR) is 58.3 cm³/mol. The number of hydrogen-bond acceptors (Lipinski definition) is 3. The van der Waals surface area contributed by atoms with E-state index in [1.807, 2.05) is 20.8 Å². The molecule has 1 rings (SSSR count). The van der Waals surface area contributed by atoms with Crippen LogP contribution in [-0.2, 0) is 9.53 Å². The molecule has 0 atom stereocenters. The highest BCUT2D eigenvalue weighted by atomic mass is 16.5. The molecule has 0 radical (unpaired) electrons. The van der Waals surface area contributed by atoms with Crippen molar-refractivity contribution in [2.75, 3.05) is 7.11 Å². The van der Waals surface area contributed by atoms with E-state index < -0.39 is 0 Å². The van der Waals surface area contributed by atoms with Crippen LogP contribution in [0.15, 0.2) is 28.4 Å². The Balaban J connectivity index is 0.000000791. The zero-order valence-corrected chi connectivity index (χ0v) is 9.20. The number of nitrogens with zero attached hydrogens (tertiary/aromatic N) is 1. The Bertz CT molecular complexity index is 275. The van der Waals surface area contributed by atoms with Crippen LogP contribution in [0.3, 0.4) is 0 Å². The molecule has 0 bridgehead atoms. The average molecular weight is 195 g/mol. The molecule has 0 aliphatic carbocycles. The summed E-state index contributed by atoms with van der Waals surface area (Å²) in [5.74, 6) is 0.574. The number of carbonyl (C=O) groups is 1. The second-order valence-corrected chi connectivity index (χ2v) is 2.55. The molecule has 78 valence electrons. The van der Waals surface area contributed by atoms with E-state index in [9.17, 15) is 4.79 Å². The van der Waals surface area contributed by atoms with Crippen molar-refractivity contribution in [3.63, 3.8) is 0 Å². The van der Waals surface area contributed by atoms with Crippen LogP contribution in [0.5, 0.6) is 0 Å². The normalized spacial score (nSPS) is 15.0. The van der Waals surface area contributed by atoms with E-state index in [2.05, 4.69) is 4.99 Å². The highest BCUT2D eigenvalue weighted by Gasteiger charge is 2.07. The number of ether oxygens (including phenoxy) is 1. The molecule has 0 spiro atoms. The number of methoxy groups -OCH3 is 1. The highest BCUT2D eigenvalue weighted by molar-refractivity contribution is 5.89. The van der Waals surface area contributed by atoms with Gasteiger partial charge in [0.25, 0.3) is 0 Å². The van der Waals surface area contributed by atoms with E-state index in [1.165, 1.54) is 0 Å². The lowest BCUT2D eigenvalue weighted by atomic mass is 10.1. The van der Waals surface area contributed by atoms with Gasteiger partial charge in [0, 0.05) is 11.8 Å². The predicted octanol–water partition coefficient (Wildman–Crippen LogP) is 2.49. The first-order valence-corrected chi connectivity index (χ1v) is 4.70. The fourth-order valence-electron chi connectivity index (χ4n) is 0.947. The van der Waals surface area contributed by atoms with Crippen LogP contribution in [0.2, 0.25) is 0 Å². The molecular formula is C11H17NO2. The van der Waals surface area contributed by atoms with Crippen molar-refractivity contribution in [2.45, 2.75) is 27.2 Å². The molecule has 3 heteroatoms. The zero-order valence-electron chi connectivity index (χ0n) is 9.20. The van der Waals surface area contributed by atoms with Crippen molar-refractivity contribution in [1.29, 1.82) is 0 Å². The molecule has 1 aliphatic heterocycles. The van der Waals surface area contributed by atoms with Gasteiger partial charge in [0.15, 0.2) is 5.90 Å². The first kappa shape index (κ1) is 12.6. The molecule has 0 unspecified atom stereocenters. The van der Waals surface area contributed by atoms with Crippen LogP contribution in [-0.4, -0.2) is 19.3 Å². The van der Waals surface area contributed by atoms with E-state index in [-0.39, 0.29) is 0 Å². The third-order valence-corrected chi connectivity index (χ3v) is 1.77. The summed E-state index contributed by atoms with van der Waals surface area (Å²) in [7, 11) is 1.55. The lowest BCUT2D eigenvalue weighted by molar-refractivity contribution is -0.105. The van der Waals surface area contributed by atoms with Crippen molar-refractivity contribution in [3.05, 3.63) is 23.4 Å². The van der Waals surface area contributed by atoms with E-state index >= 15 is 0 Å². The largest absolute Gasteiger partial charge is 0.484 e. The van der Waals surface area contributed by atoms with Crippen LogP contribution < -0.4 is 0 Å². The monoisotopic (exact) mass is 195 g/mol. The van der Waals surface area contributed by atoms with Gasteiger partial charge in [-0.15, -0.1) is 0 Å². The molecule has 0 saturated heterocycles. The minimum absolute atomic E-state index is 0.485. The molecule has 1 heterocycles. The van der Waals surface area contributed by atoms with Gasteiger partial charge in [-0.1, -0.05) is 13.8 Å². The van der Waals surface area contributed by atoms with E-state index in [0.29, 0.717) is 12.3 Å². The molecule has 3 nitrogen and oxygen atoms in total. The van der Waals surface area contributed by atoms with E-state index in [1.54, 1.807) is 19.4 Å². The summed E-state index contributed by atoms with van der Waals surface area (Å²) in [6.45, 7) is 5.88. The number of hydrogen-bond donors (Lipinski definition) is 0. The van der Waals surface area contributed by atoms with Gasteiger partial charge in [-0.3, -0.25) is 4.79 Å². The smallest absolute Gasteiger partial charge is 0.192 e. The molecule has 1 aliphatic rings. The Morgan fingerprint density at radius 3 is 2.64 bits per heavy atom. The third-order valence-electron chi connectivity index (χ3n) is 1.77. The lowest BCUT2D eigenvalue weighted by Gasteiger charge is -2.02. The summed E-state index contributed by atoms with van der Waals surface area (Å²) in [6.07, 6.45) is 4.78. The van der Waals surface area contributed by atoms with Gasteiger partial charge in [-0.25, -0.2) is 4.99 Å². The van der Waals surface area contributed by atoms with Gasteiger partial charge in [-0.05, 0) is 18.6 Å². The quantitative estimate of drug-likeness (QED) is 0.603. The van der Waals surface area contributed by atoms with Gasteiger partial charge in [0.2, 0.25) is 0 Å². The van der Waals surface area contributed by atoms with Crippen molar-refractivity contribution in [1.82, 2.24) is 0 Å². The Hall–Kier alpha value is -1.38. The third kappa shape index (κ3) is 3.56. The molecule has 0 aromatic heterocycles. The molecule has 0 amide bonds. The Morgan fingerprint density at radius 1 is 1.50 bits per heavy atom. The SMILES string of the molecule is CC.COC1=NC=CC(C)=C(C=O)C1. The average Bonchev–Trinajstić information content (AvgIpc) is 2.42. The number of aldehydes is 1. The zero-order chi connectivity index (χ0) is 11.0. The van der Waals surface area contributed by atoms with Crippen LogP contribution in [0.1, 0.15) is 27.2 Å². The highest BCUT2D eigenvalue weighted by Crippen LogP contribution is 2.12. The van der Waals surface area contributed by atoms with Crippen molar-refractivity contribution >= 4 is 12.2 Å². The second-order valence-electron chi connectivity index (χ2n) is 2.55. The van der Waals surface area contributed by atoms with Gasteiger partial charge in [0.05, 0.1) is 13.5 Å². The van der Waals surface area contributed by atoms with Crippen molar-refractivity contribution in [2.24, 2.45) is 4.99 Å². The van der Waals surface area contributed by atoms with Gasteiger partial charge < -0.3 is 4.74 Å². The molecule has 0 aromatic carbocycles. The molecule has 0 N–H and O–H groups in total. The molecule has 0 saturated carbocycles. The number of rotatable bonds is 1. The Kier molecular flexibility index (Phi) is 6.37. The number of aliphatic imine (C=N–C) groups is 1. The fraction of sp³-hybridized carbons (Fsp3) is 0.455. The van der Waals surface area contributed by atoms with E-state index in [0.717, 1.165) is 17.4 Å². The number of allylic oxidation sites excluding steroid dienone is 2. The molecular weight excluding hydrogens is 178 g/mol.